The lowest BCUT2D eigenvalue weighted by Crippen LogP contribution is -2.29. The molecule has 0 bridgehead atoms. The van der Waals surface area contributed by atoms with Crippen molar-refractivity contribution >= 4 is 22.2 Å². The number of aryl methyl sites for hydroxylation is 2. The van der Waals surface area contributed by atoms with Gasteiger partial charge in [0, 0.05) is 18.7 Å². The van der Waals surface area contributed by atoms with Crippen molar-refractivity contribution in [1.29, 1.82) is 0 Å². The highest BCUT2D eigenvalue weighted by atomic mass is 32.2. The van der Waals surface area contributed by atoms with Crippen LogP contribution in [-0.2, 0) is 23.6 Å². The third-order valence-electron chi connectivity index (χ3n) is 3.94. The van der Waals surface area contributed by atoms with E-state index in [1.165, 1.54) is 12.1 Å². The van der Waals surface area contributed by atoms with E-state index in [1.54, 1.807) is 30.6 Å². The molecule has 3 aromatic rings. The van der Waals surface area contributed by atoms with Gasteiger partial charge in [-0.1, -0.05) is 48.0 Å². The third-order valence-corrected chi connectivity index (χ3v) is 4.79. The number of nitrogens with zero attached hydrogens (tertiary/aromatic N) is 2. The van der Waals surface area contributed by atoms with Crippen LogP contribution in [0, 0.1) is 6.92 Å². The molecule has 1 amide bonds. The van der Waals surface area contributed by atoms with E-state index >= 15 is 0 Å². The number of pyridine rings is 1. The molecule has 1 aromatic heterocycles. The molecule has 0 aliphatic carbocycles. The summed E-state index contributed by atoms with van der Waals surface area (Å²) in [5.74, 6) is -0.208. The molecule has 0 spiro atoms. The molecule has 30 heavy (non-hydrogen) atoms. The van der Waals surface area contributed by atoms with E-state index in [0.717, 1.165) is 11.1 Å². The topological polar surface area (TPSA) is 103 Å². The second-order valence-electron chi connectivity index (χ2n) is 6.47. The van der Waals surface area contributed by atoms with Crippen LogP contribution in [0.2, 0.25) is 0 Å². The molecule has 2 aromatic carbocycles. The maximum absolute atomic E-state index is 11.8. The molecule has 0 aliphatic rings. The minimum Gasteiger partial charge on any atom is -0.744 e. The molecule has 1 N–H and O–H groups in total. The number of aromatic nitrogens is 1. The van der Waals surface area contributed by atoms with Gasteiger partial charge in [-0.3, -0.25) is 4.79 Å². The van der Waals surface area contributed by atoms with Crippen LogP contribution in [0.1, 0.15) is 21.5 Å². The number of hydrazone groups is 1. The first-order chi connectivity index (χ1) is 14.3. The number of nitrogens with one attached hydrogen (secondary N) is 1. The molecule has 1 heterocycles. The Balaban J connectivity index is 0.000000248. The Labute approximate surface area is 176 Å². The smallest absolute Gasteiger partial charge is 0.277 e. The number of amides is 1. The fourth-order valence-corrected chi connectivity index (χ4v) is 2.83. The summed E-state index contributed by atoms with van der Waals surface area (Å²) in [6.45, 7) is 1.82. The van der Waals surface area contributed by atoms with E-state index in [9.17, 15) is 17.8 Å². The van der Waals surface area contributed by atoms with Crippen LogP contribution in [0.25, 0.3) is 0 Å². The Morgan fingerprint density at radius 3 is 2.33 bits per heavy atom. The molecule has 0 fully saturated rings. The van der Waals surface area contributed by atoms with Crippen LogP contribution < -0.4 is 9.99 Å². The highest BCUT2D eigenvalue weighted by Crippen LogP contribution is 2.08. The van der Waals surface area contributed by atoms with Crippen molar-refractivity contribution in [3.8, 4) is 0 Å². The Bertz CT molecular complexity index is 1100. The normalized spacial score (nSPS) is 10.9. The zero-order valence-electron chi connectivity index (χ0n) is 16.7. The molecule has 0 aliphatic heterocycles. The van der Waals surface area contributed by atoms with Gasteiger partial charge in [-0.15, -0.1) is 0 Å². The highest BCUT2D eigenvalue weighted by Gasteiger charge is 2.07. The average Bonchev–Trinajstić information content (AvgIpc) is 2.72. The molecule has 156 valence electrons. The van der Waals surface area contributed by atoms with Crippen molar-refractivity contribution in [1.82, 2.24) is 5.43 Å². The lowest BCUT2D eigenvalue weighted by atomic mass is 10.2. The number of hydrogen-bond acceptors (Lipinski definition) is 5. The van der Waals surface area contributed by atoms with Crippen molar-refractivity contribution in [2.45, 2.75) is 18.2 Å². The van der Waals surface area contributed by atoms with Crippen LogP contribution in [0.15, 0.2) is 89.1 Å². The van der Waals surface area contributed by atoms with Crippen LogP contribution in [0.4, 0.5) is 0 Å². The lowest BCUT2D eigenvalue weighted by molar-refractivity contribution is -0.671. The summed E-state index contributed by atoms with van der Waals surface area (Å²) in [7, 11) is -2.40. The molecule has 3 rings (SSSR count). The Morgan fingerprint density at radius 2 is 1.73 bits per heavy atom. The van der Waals surface area contributed by atoms with Crippen LogP contribution in [0.5, 0.6) is 0 Å². The number of hydrogen-bond donors (Lipinski definition) is 1. The average molecular weight is 426 g/mol. The second-order valence-corrected chi connectivity index (χ2v) is 7.85. The van der Waals surface area contributed by atoms with Crippen molar-refractivity contribution in [2.24, 2.45) is 12.1 Å². The summed E-state index contributed by atoms with van der Waals surface area (Å²) in [6, 6.07) is 19.3. The fourth-order valence-electron chi connectivity index (χ4n) is 2.36. The van der Waals surface area contributed by atoms with E-state index in [4.69, 9.17) is 0 Å². The van der Waals surface area contributed by atoms with Gasteiger partial charge in [-0.25, -0.2) is 18.4 Å². The zero-order chi connectivity index (χ0) is 22.0. The lowest BCUT2D eigenvalue weighted by Gasteiger charge is -2.05. The van der Waals surface area contributed by atoms with Crippen LogP contribution in [-0.4, -0.2) is 25.1 Å². The molecule has 0 radical (unpaired) electrons. The minimum absolute atomic E-state index is 0.178. The third kappa shape index (κ3) is 7.94. The van der Waals surface area contributed by atoms with Gasteiger partial charge in [-0.05, 0) is 30.7 Å². The van der Waals surface area contributed by atoms with Crippen molar-refractivity contribution in [2.75, 3.05) is 0 Å². The van der Waals surface area contributed by atoms with Gasteiger partial charge < -0.3 is 4.55 Å². The number of rotatable bonds is 5. The van der Waals surface area contributed by atoms with Gasteiger partial charge >= 0.3 is 0 Å². The standard InChI is InChI=1S/C15H15N3O.C7H8O3S/c1-18-11-5-8-14(12-18)15(19)17-16-10-9-13-6-3-2-4-7-13;1-6-2-4-7(5-3-6)11(8,9)10/h2-8,10-12H,9H2,1H3;2-5H,1H3,(H,8,9,10)/b16-10+;. The van der Waals surface area contributed by atoms with Crippen LogP contribution in [0.3, 0.4) is 0 Å². The quantitative estimate of drug-likeness (QED) is 0.293. The maximum atomic E-state index is 11.8. The van der Waals surface area contributed by atoms with Gasteiger partial charge in [0.15, 0.2) is 12.4 Å². The Kier molecular flexibility index (Phi) is 8.40. The summed E-state index contributed by atoms with van der Waals surface area (Å²) in [6.07, 6.45) is 6.01. The van der Waals surface area contributed by atoms with E-state index < -0.39 is 10.1 Å². The SMILES string of the molecule is C[n+]1cccc(C(=O)N/N=C/Cc2ccccc2)c1.Cc1ccc(S(=O)(=O)[O-])cc1. The van der Waals surface area contributed by atoms with E-state index in [-0.39, 0.29) is 10.8 Å². The number of carbonyl (C=O) groups excluding carboxylic acids is 1. The van der Waals surface area contributed by atoms with Gasteiger partial charge in [0.05, 0.1) is 4.90 Å². The molecule has 0 saturated carbocycles. The first-order valence-corrected chi connectivity index (χ1v) is 10.5. The summed E-state index contributed by atoms with van der Waals surface area (Å²) >= 11 is 0. The van der Waals surface area contributed by atoms with Crippen molar-refractivity contribution < 1.29 is 22.3 Å². The minimum atomic E-state index is -4.27. The first kappa shape index (κ1) is 22.9. The maximum Gasteiger partial charge on any atom is 0.277 e. The molecule has 0 saturated heterocycles. The summed E-state index contributed by atoms with van der Waals surface area (Å²) in [4.78, 5) is 11.6. The number of benzene rings is 2. The summed E-state index contributed by atoms with van der Waals surface area (Å²) in [5, 5.41) is 3.94. The number of carbonyl (C=O) groups is 1. The first-order valence-electron chi connectivity index (χ1n) is 9.09. The Morgan fingerprint density at radius 1 is 1.07 bits per heavy atom. The largest absolute Gasteiger partial charge is 0.744 e. The van der Waals surface area contributed by atoms with Crippen molar-refractivity contribution in [3.05, 3.63) is 95.8 Å². The van der Waals surface area contributed by atoms with Gasteiger partial charge in [0.25, 0.3) is 5.91 Å². The zero-order valence-corrected chi connectivity index (χ0v) is 17.5. The van der Waals surface area contributed by atoms with E-state index in [1.807, 2.05) is 61.1 Å². The monoisotopic (exact) mass is 425 g/mol. The van der Waals surface area contributed by atoms with Gasteiger partial charge in [-0.2, -0.15) is 5.10 Å². The predicted molar refractivity (Wildman–Crippen MR) is 113 cm³/mol. The van der Waals surface area contributed by atoms with Gasteiger partial charge in [0.1, 0.15) is 22.7 Å². The molecule has 0 unspecified atom stereocenters. The van der Waals surface area contributed by atoms with E-state index in [0.29, 0.717) is 12.0 Å². The summed E-state index contributed by atoms with van der Waals surface area (Å²) < 4.78 is 33.0. The molecule has 7 nitrogen and oxygen atoms in total. The molecule has 8 heteroatoms. The molecule has 0 atom stereocenters. The Hall–Kier alpha value is -3.36. The van der Waals surface area contributed by atoms with Crippen LogP contribution >= 0.6 is 0 Å². The second kappa shape index (κ2) is 11.0. The van der Waals surface area contributed by atoms with Gasteiger partial charge in [0.2, 0.25) is 0 Å². The predicted octanol–water partition coefficient (Wildman–Crippen LogP) is 2.37. The van der Waals surface area contributed by atoms with Crippen molar-refractivity contribution in [3.63, 3.8) is 0 Å². The fraction of sp³-hybridized carbons (Fsp3) is 0.136. The van der Waals surface area contributed by atoms with E-state index in [2.05, 4.69) is 10.5 Å². The molecular weight excluding hydrogens is 402 g/mol. The molecular formula is C22H23N3O4S. The highest BCUT2D eigenvalue weighted by molar-refractivity contribution is 7.85. The summed E-state index contributed by atoms with van der Waals surface area (Å²) in [5.41, 5.74) is 5.19.